The first-order valence-corrected chi connectivity index (χ1v) is 15.6. The number of carbonyl (C=O) groups is 1. The van der Waals surface area contributed by atoms with Crippen LogP contribution in [0.25, 0.3) is 6.08 Å². The second-order valence-corrected chi connectivity index (χ2v) is 10.5. The van der Waals surface area contributed by atoms with Crippen molar-refractivity contribution in [3.05, 3.63) is 76.1 Å². The largest absolute Gasteiger partial charge is 0.383 e. The molecule has 3 nitrogen and oxygen atoms in total. The zero-order chi connectivity index (χ0) is 32.7. The Morgan fingerprint density at radius 3 is 1.83 bits per heavy atom. The lowest BCUT2D eigenvalue weighted by atomic mass is 9.71. The Labute approximate surface area is 255 Å². The van der Waals surface area contributed by atoms with Gasteiger partial charge in [0.2, 0.25) is 0 Å². The molecular weight excluding hydrogens is 535 g/mol. The second-order valence-electron chi connectivity index (χ2n) is 10.5. The van der Waals surface area contributed by atoms with E-state index in [1.54, 1.807) is 26.2 Å². The maximum atomic E-state index is 13.6. The van der Waals surface area contributed by atoms with Gasteiger partial charge in [0.1, 0.15) is 12.1 Å². The van der Waals surface area contributed by atoms with E-state index in [0.717, 1.165) is 23.5 Å². The van der Waals surface area contributed by atoms with Crippen LogP contribution in [0.4, 0.5) is 13.2 Å². The standard InChI is InChI=1S/C13H15F.C10H10F2O.C4H8.C4H10.C3H9NO.C2H6/c1-3-10-5-7-12(13(14)8-10)11-6-4-9(11)2;1-3-7-4-8(5-13)6(2)9(11)10(7)12;1-4-2-3-4;1-3-4-2;1-5-3-2-4;1-2/h3,5,7-9,11H,1,4,6H2,2H3;4-5H,3H2,1-2H3;4H,2-3H2,1H3;3-4H2,1-2H3;2-4H2,1H3;1-2H3. The molecule has 0 spiro atoms. The van der Waals surface area contributed by atoms with Crippen molar-refractivity contribution in [2.45, 2.75) is 106 Å². The zero-order valence-corrected chi connectivity index (χ0v) is 27.8. The molecule has 0 aliphatic heterocycles. The van der Waals surface area contributed by atoms with E-state index in [1.807, 2.05) is 26.0 Å². The molecule has 2 aromatic carbocycles. The normalized spacial score (nSPS) is 16.0. The Balaban J connectivity index is 0. The first kappa shape index (κ1) is 41.7. The highest BCUT2D eigenvalue weighted by atomic mass is 19.2. The fourth-order valence-corrected chi connectivity index (χ4v) is 3.56. The van der Waals surface area contributed by atoms with E-state index >= 15 is 0 Å². The molecule has 2 aliphatic rings. The fraction of sp³-hybridized carbons (Fsp3) is 0.583. The number of aldehydes is 1. The van der Waals surface area contributed by atoms with E-state index in [0.29, 0.717) is 37.7 Å². The van der Waals surface area contributed by atoms with Crippen LogP contribution in [-0.4, -0.2) is 26.5 Å². The van der Waals surface area contributed by atoms with Gasteiger partial charge < -0.3 is 10.5 Å². The van der Waals surface area contributed by atoms with Crippen molar-refractivity contribution in [3.8, 4) is 0 Å². The molecule has 2 atom stereocenters. The molecule has 6 heteroatoms. The number of aryl methyl sites for hydroxylation is 1. The van der Waals surface area contributed by atoms with Crippen LogP contribution in [0, 0.1) is 36.2 Å². The summed E-state index contributed by atoms with van der Waals surface area (Å²) in [5, 5.41) is 0. The van der Waals surface area contributed by atoms with Gasteiger partial charge in [0.15, 0.2) is 11.6 Å². The number of benzene rings is 2. The SMILES string of the molecule is C=Cc1ccc(C2CCC2C)c(F)c1.CC.CC1CC1.CCCC.CCc1cc(C=O)c(C)c(F)c1F.COCCN. The number of ether oxygens (including phenoxy) is 1. The van der Waals surface area contributed by atoms with Gasteiger partial charge in [-0.3, -0.25) is 4.79 Å². The van der Waals surface area contributed by atoms with Gasteiger partial charge in [0.25, 0.3) is 0 Å². The molecule has 2 fully saturated rings. The summed E-state index contributed by atoms with van der Waals surface area (Å²) < 4.78 is 44.4. The number of carbonyl (C=O) groups excluding carboxylic acids is 1. The number of hydrogen-bond acceptors (Lipinski definition) is 3. The van der Waals surface area contributed by atoms with Crippen LogP contribution in [0.3, 0.4) is 0 Å². The number of nitrogens with two attached hydrogens (primary N) is 1. The van der Waals surface area contributed by atoms with Gasteiger partial charge in [-0.1, -0.05) is 98.9 Å². The van der Waals surface area contributed by atoms with E-state index in [4.69, 9.17) is 5.73 Å². The molecular formula is C36H58F3NO2. The molecule has 0 radical (unpaired) electrons. The van der Waals surface area contributed by atoms with E-state index in [-0.39, 0.29) is 22.5 Å². The number of rotatable bonds is 7. The van der Waals surface area contributed by atoms with Crippen molar-refractivity contribution in [1.82, 2.24) is 0 Å². The minimum atomic E-state index is -0.915. The molecule has 0 heterocycles. The molecule has 4 rings (SSSR count). The maximum absolute atomic E-state index is 13.6. The van der Waals surface area contributed by atoms with Gasteiger partial charge in [-0.25, -0.2) is 13.2 Å². The summed E-state index contributed by atoms with van der Waals surface area (Å²) in [7, 11) is 1.63. The van der Waals surface area contributed by atoms with Gasteiger partial charge in [-0.15, -0.1) is 0 Å². The predicted molar refractivity (Wildman–Crippen MR) is 175 cm³/mol. The van der Waals surface area contributed by atoms with Gasteiger partial charge >= 0.3 is 0 Å². The Morgan fingerprint density at radius 2 is 1.55 bits per heavy atom. The van der Waals surface area contributed by atoms with Crippen LogP contribution in [0.1, 0.15) is 126 Å². The summed E-state index contributed by atoms with van der Waals surface area (Å²) in [6.45, 7) is 20.8. The number of unbranched alkanes of at least 4 members (excludes halogenated alkanes) is 1. The molecule has 2 aromatic rings. The van der Waals surface area contributed by atoms with E-state index in [1.165, 1.54) is 45.1 Å². The van der Waals surface area contributed by atoms with Crippen LogP contribution >= 0.6 is 0 Å². The van der Waals surface area contributed by atoms with Crippen LogP contribution in [-0.2, 0) is 11.2 Å². The van der Waals surface area contributed by atoms with Crippen molar-refractivity contribution in [3.63, 3.8) is 0 Å². The lowest BCUT2D eigenvalue weighted by molar-refractivity contribution is 0.112. The van der Waals surface area contributed by atoms with Crippen molar-refractivity contribution < 1.29 is 22.7 Å². The highest BCUT2D eigenvalue weighted by molar-refractivity contribution is 5.77. The number of hydrogen-bond donors (Lipinski definition) is 1. The van der Waals surface area contributed by atoms with Crippen molar-refractivity contribution in [1.29, 1.82) is 0 Å². The van der Waals surface area contributed by atoms with Crippen LogP contribution in [0.2, 0.25) is 0 Å². The Hall–Kier alpha value is -2.44. The van der Waals surface area contributed by atoms with Crippen molar-refractivity contribution in [2.24, 2.45) is 17.6 Å². The second kappa shape index (κ2) is 25.1. The first-order chi connectivity index (χ1) is 20.1. The molecule has 0 amide bonds. The molecule has 0 bridgehead atoms. The smallest absolute Gasteiger partial charge is 0.162 e. The van der Waals surface area contributed by atoms with Gasteiger partial charge in [-0.2, -0.15) is 0 Å². The number of halogens is 3. The number of methoxy groups -OCH3 is 1. The maximum Gasteiger partial charge on any atom is 0.162 e. The predicted octanol–water partition coefficient (Wildman–Crippen LogP) is 10.5. The summed E-state index contributed by atoms with van der Waals surface area (Å²) in [6.07, 6.45) is 10.6. The summed E-state index contributed by atoms with van der Waals surface area (Å²) in [5.41, 5.74) is 7.29. The first-order valence-electron chi connectivity index (χ1n) is 15.6. The molecule has 2 unspecified atom stereocenters. The lowest BCUT2D eigenvalue weighted by Gasteiger charge is -2.34. The summed E-state index contributed by atoms with van der Waals surface area (Å²) >= 11 is 0. The monoisotopic (exact) mass is 593 g/mol. The molecule has 42 heavy (non-hydrogen) atoms. The Kier molecular flexibility index (Phi) is 24.9. The quantitative estimate of drug-likeness (QED) is 0.325. The van der Waals surface area contributed by atoms with E-state index in [2.05, 4.69) is 39.0 Å². The zero-order valence-electron chi connectivity index (χ0n) is 27.8. The minimum absolute atomic E-state index is 0.0704. The third-order valence-electron chi connectivity index (χ3n) is 7.04. The highest BCUT2D eigenvalue weighted by Gasteiger charge is 2.30. The average Bonchev–Trinajstić information content (AvgIpc) is 3.80. The van der Waals surface area contributed by atoms with E-state index < -0.39 is 11.6 Å². The van der Waals surface area contributed by atoms with Gasteiger partial charge in [0, 0.05) is 19.2 Å². The fourth-order valence-electron chi connectivity index (χ4n) is 3.56. The molecule has 2 aliphatic carbocycles. The summed E-state index contributed by atoms with van der Waals surface area (Å²) in [6, 6.07) is 6.82. The van der Waals surface area contributed by atoms with Gasteiger partial charge in [0.05, 0.1) is 6.61 Å². The van der Waals surface area contributed by atoms with Crippen LogP contribution in [0.5, 0.6) is 0 Å². The van der Waals surface area contributed by atoms with Crippen molar-refractivity contribution >= 4 is 12.4 Å². The van der Waals surface area contributed by atoms with Crippen molar-refractivity contribution in [2.75, 3.05) is 20.3 Å². The molecule has 240 valence electrons. The summed E-state index contributed by atoms with van der Waals surface area (Å²) in [5.74, 6) is 0.332. The Morgan fingerprint density at radius 1 is 0.976 bits per heavy atom. The molecule has 2 N–H and O–H groups in total. The van der Waals surface area contributed by atoms with Gasteiger partial charge in [-0.05, 0) is 78.3 Å². The summed E-state index contributed by atoms with van der Waals surface area (Å²) in [4.78, 5) is 10.5. The molecule has 0 saturated heterocycles. The average molecular weight is 594 g/mol. The van der Waals surface area contributed by atoms with Crippen LogP contribution in [0.15, 0.2) is 30.8 Å². The third kappa shape index (κ3) is 16.3. The van der Waals surface area contributed by atoms with E-state index in [9.17, 15) is 18.0 Å². The highest BCUT2D eigenvalue weighted by Crippen LogP contribution is 2.43. The Bertz CT molecular complexity index is 1000. The molecule has 0 aromatic heterocycles. The third-order valence-corrected chi connectivity index (χ3v) is 7.04. The molecule has 2 saturated carbocycles. The topological polar surface area (TPSA) is 52.3 Å². The lowest BCUT2D eigenvalue weighted by Crippen LogP contribution is -2.21. The van der Waals surface area contributed by atoms with Crippen LogP contribution < -0.4 is 5.73 Å². The minimum Gasteiger partial charge on any atom is -0.383 e.